The summed E-state index contributed by atoms with van der Waals surface area (Å²) in [5.74, 6) is -14.9. The highest BCUT2D eigenvalue weighted by atomic mass is 19.4. The molecule has 0 radical (unpaired) electrons. The Morgan fingerprint density at radius 2 is 0.833 bits per heavy atom. The van der Waals surface area contributed by atoms with E-state index in [2.05, 4.69) is 0 Å². The fourth-order valence-corrected chi connectivity index (χ4v) is 0.932. The molecular weight excluding hydrogens is 290 g/mol. The second-order valence-corrected chi connectivity index (χ2v) is 3.32. The molecule has 1 nitrogen and oxygen atoms in total. The first-order valence-electron chi connectivity index (χ1n) is 4.01. The van der Waals surface area contributed by atoms with Crippen LogP contribution in [0.4, 0.5) is 43.9 Å². The number of carbonyl (C=O) groups is 1. The quantitative estimate of drug-likeness (QED) is 0.722. The van der Waals surface area contributed by atoms with Gasteiger partial charge in [-0.15, -0.1) is 0 Å². The van der Waals surface area contributed by atoms with Gasteiger partial charge in [0, 0.05) is 0 Å². The van der Waals surface area contributed by atoms with E-state index >= 15 is 0 Å². The maximum absolute atomic E-state index is 12.5. The second-order valence-electron chi connectivity index (χ2n) is 3.32. The summed E-state index contributed by atoms with van der Waals surface area (Å²) in [6.45, 7) is 0. The van der Waals surface area contributed by atoms with Crippen LogP contribution in [0.15, 0.2) is 0 Å². The Morgan fingerprint density at radius 3 is 1.00 bits per heavy atom. The molecule has 0 saturated carbocycles. The van der Waals surface area contributed by atoms with Crippen molar-refractivity contribution in [3.8, 4) is 0 Å². The first kappa shape index (κ1) is 17.0. The zero-order valence-electron chi connectivity index (χ0n) is 8.10. The molecule has 0 N–H and O–H groups in total. The standard InChI is InChI=1S/C7H4F10O/c8-4(9,1-6(12,13)14)3(18)5(10,11)2-7(15,16)17/h1-2H2. The molecule has 0 aliphatic rings. The smallest absolute Gasteiger partial charge is 0.286 e. The van der Waals surface area contributed by atoms with Crippen molar-refractivity contribution in [2.45, 2.75) is 37.0 Å². The molecule has 0 saturated heterocycles. The van der Waals surface area contributed by atoms with E-state index in [4.69, 9.17) is 0 Å². The Labute approximate surface area is 92.7 Å². The predicted molar refractivity (Wildman–Crippen MR) is 36.2 cm³/mol. The summed E-state index contributed by atoms with van der Waals surface area (Å²) in [5, 5.41) is 0. The second kappa shape index (κ2) is 4.57. The van der Waals surface area contributed by atoms with Crippen molar-refractivity contribution in [2.75, 3.05) is 0 Å². The van der Waals surface area contributed by atoms with E-state index in [1.54, 1.807) is 0 Å². The first-order valence-corrected chi connectivity index (χ1v) is 4.01. The monoisotopic (exact) mass is 294 g/mol. The van der Waals surface area contributed by atoms with Gasteiger partial charge >= 0.3 is 24.2 Å². The Balaban J connectivity index is 5.02. The Bertz CT molecular complexity index is 281. The van der Waals surface area contributed by atoms with Gasteiger partial charge in [-0.3, -0.25) is 4.79 Å². The lowest BCUT2D eigenvalue weighted by atomic mass is 10.0. The Morgan fingerprint density at radius 1 is 0.611 bits per heavy atom. The normalized spacial score (nSPS) is 14.8. The highest BCUT2D eigenvalue weighted by Gasteiger charge is 2.61. The van der Waals surface area contributed by atoms with E-state index in [1.165, 1.54) is 0 Å². The summed E-state index contributed by atoms with van der Waals surface area (Å²) in [5.41, 5.74) is 0. The molecule has 0 rings (SSSR count). The van der Waals surface area contributed by atoms with Crippen LogP contribution in [0.25, 0.3) is 0 Å². The fourth-order valence-electron chi connectivity index (χ4n) is 0.932. The van der Waals surface area contributed by atoms with Gasteiger partial charge in [0.15, 0.2) is 0 Å². The van der Waals surface area contributed by atoms with Crippen molar-refractivity contribution < 1.29 is 48.7 Å². The van der Waals surface area contributed by atoms with Crippen molar-refractivity contribution in [3.05, 3.63) is 0 Å². The largest absolute Gasteiger partial charge is 0.395 e. The third-order valence-corrected chi connectivity index (χ3v) is 1.51. The van der Waals surface area contributed by atoms with Crippen LogP contribution in [0, 0.1) is 0 Å². The van der Waals surface area contributed by atoms with Crippen LogP contribution >= 0.6 is 0 Å². The lowest BCUT2D eigenvalue weighted by molar-refractivity contribution is -0.220. The SMILES string of the molecule is O=C(C(F)(F)CC(F)(F)F)C(F)(F)CC(F)(F)F. The van der Waals surface area contributed by atoms with Gasteiger partial charge < -0.3 is 0 Å². The number of ketones is 1. The van der Waals surface area contributed by atoms with Gasteiger partial charge in [0.25, 0.3) is 5.78 Å². The molecular formula is C7H4F10O. The number of Topliss-reactive ketones (excluding diaryl/α,β-unsaturated/α-hetero) is 1. The minimum Gasteiger partial charge on any atom is -0.286 e. The average molecular weight is 294 g/mol. The third-order valence-electron chi connectivity index (χ3n) is 1.51. The van der Waals surface area contributed by atoms with Crippen LogP contribution in [0.3, 0.4) is 0 Å². The average Bonchev–Trinajstić information content (AvgIpc) is 1.92. The molecule has 0 fully saturated rings. The summed E-state index contributed by atoms with van der Waals surface area (Å²) in [7, 11) is 0. The van der Waals surface area contributed by atoms with Gasteiger partial charge in [-0.1, -0.05) is 0 Å². The molecule has 0 atom stereocenters. The van der Waals surface area contributed by atoms with E-state index in [0.29, 0.717) is 0 Å². The number of halogens is 10. The molecule has 0 unspecified atom stereocenters. The van der Waals surface area contributed by atoms with E-state index in [-0.39, 0.29) is 0 Å². The topological polar surface area (TPSA) is 17.1 Å². The van der Waals surface area contributed by atoms with Gasteiger partial charge in [0.2, 0.25) is 0 Å². The van der Waals surface area contributed by atoms with Gasteiger partial charge in [-0.05, 0) is 0 Å². The molecule has 0 aromatic rings. The molecule has 0 heterocycles. The first-order chi connectivity index (χ1) is 7.57. The maximum atomic E-state index is 12.5. The predicted octanol–water partition coefficient (Wildman–Crippen LogP) is 3.73. The van der Waals surface area contributed by atoms with Crippen molar-refractivity contribution >= 4 is 5.78 Å². The zero-order chi connectivity index (χ0) is 15.0. The Kier molecular flexibility index (Phi) is 4.31. The van der Waals surface area contributed by atoms with Crippen molar-refractivity contribution in [1.29, 1.82) is 0 Å². The lowest BCUT2D eigenvalue weighted by Crippen LogP contribution is -2.47. The maximum Gasteiger partial charge on any atom is 0.395 e. The van der Waals surface area contributed by atoms with Crippen LogP contribution in [-0.2, 0) is 4.79 Å². The van der Waals surface area contributed by atoms with E-state index < -0.39 is 42.8 Å². The van der Waals surface area contributed by atoms with Gasteiger partial charge in [0.1, 0.15) is 12.8 Å². The molecule has 0 aromatic heterocycles. The Hall–Kier alpha value is -1.03. The molecule has 108 valence electrons. The van der Waals surface area contributed by atoms with Gasteiger partial charge in [0.05, 0.1) is 0 Å². The molecule has 0 amide bonds. The summed E-state index contributed by atoms with van der Waals surface area (Å²) in [4.78, 5) is 10.3. The molecule has 0 aromatic carbocycles. The number of alkyl halides is 10. The highest BCUT2D eigenvalue weighted by Crippen LogP contribution is 2.40. The minimum atomic E-state index is -5.67. The summed E-state index contributed by atoms with van der Waals surface area (Å²) in [6, 6.07) is 0. The van der Waals surface area contributed by atoms with Crippen LogP contribution in [0.1, 0.15) is 12.8 Å². The van der Waals surface area contributed by atoms with Gasteiger partial charge in [-0.25, -0.2) is 0 Å². The number of hydrogen-bond donors (Lipinski definition) is 0. The van der Waals surface area contributed by atoms with E-state index in [9.17, 15) is 48.7 Å². The minimum absolute atomic E-state index is 3.24. The third kappa shape index (κ3) is 5.54. The molecule has 18 heavy (non-hydrogen) atoms. The van der Waals surface area contributed by atoms with Crippen LogP contribution < -0.4 is 0 Å². The molecule has 0 bridgehead atoms. The summed E-state index contributed by atoms with van der Waals surface area (Å²) in [6.07, 6.45) is -17.8. The fraction of sp³-hybridized carbons (Fsp3) is 0.857. The van der Waals surface area contributed by atoms with Crippen LogP contribution in [-0.4, -0.2) is 30.0 Å². The van der Waals surface area contributed by atoms with Gasteiger partial charge in [-0.2, -0.15) is 43.9 Å². The summed E-state index contributed by atoms with van der Waals surface area (Å²) < 4.78 is 119. The highest BCUT2D eigenvalue weighted by molar-refractivity contribution is 5.92. The molecule has 0 aliphatic carbocycles. The zero-order valence-corrected chi connectivity index (χ0v) is 8.10. The lowest BCUT2D eigenvalue weighted by Gasteiger charge is -2.23. The van der Waals surface area contributed by atoms with Crippen LogP contribution in [0.5, 0.6) is 0 Å². The summed E-state index contributed by atoms with van der Waals surface area (Å²) >= 11 is 0. The number of carbonyl (C=O) groups excluding carboxylic acids is 1. The molecule has 11 heteroatoms. The van der Waals surface area contributed by atoms with Crippen molar-refractivity contribution in [2.24, 2.45) is 0 Å². The van der Waals surface area contributed by atoms with E-state index in [0.717, 1.165) is 0 Å². The number of rotatable bonds is 4. The van der Waals surface area contributed by atoms with E-state index in [1.807, 2.05) is 0 Å². The molecule has 0 aliphatic heterocycles. The van der Waals surface area contributed by atoms with Crippen LogP contribution in [0.2, 0.25) is 0 Å². The molecule has 0 spiro atoms. The number of hydrogen-bond acceptors (Lipinski definition) is 1. The van der Waals surface area contributed by atoms with Crippen molar-refractivity contribution in [1.82, 2.24) is 0 Å². The van der Waals surface area contributed by atoms with Crippen molar-refractivity contribution in [3.63, 3.8) is 0 Å².